The molecule has 0 aliphatic carbocycles. The van der Waals surface area contributed by atoms with Crippen LogP contribution in [0.1, 0.15) is 24.4 Å². The van der Waals surface area contributed by atoms with Gasteiger partial charge in [-0.25, -0.2) is 18.1 Å². The molecule has 0 spiro atoms. The number of nitrogens with one attached hydrogen (secondary N) is 1. The summed E-state index contributed by atoms with van der Waals surface area (Å²) in [6.45, 7) is 1.60. The zero-order chi connectivity index (χ0) is 14.8. The predicted octanol–water partition coefficient (Wildman–Crippen LogP) is 0.347. The van der Waals surface area contributed by atoms with E-state index < -0.39 is 16.1 Å². The number of sulfonamides is 1. The van der Waals surface area contributed by atoms with Crippen LogP contribution in [0.2, 0.25) is 0 Å². The topological polar surface area (TPSA) is 97.1 Å². The van der Waals surface area contributed by atoms with Gasteiger partial charge in [-0.1, -0.05) is 12.1 Å². The molecular formula is C12H16N4O3S. The van der Waals surface area contributed by atoms with Gasteiger partial charge >= 0.3 is 0 Å². The van der Waals surface area contributed by atoms with Crippen LogP contribution in [-0.2, 0) is 23.6 Å². The van der Waals surface area contributed by atoms with Crippen molar-refractivity contribution in [3.63, 3.8) is 0 Å². The van der Waals surface area contributed by atoms with E-state index >= 15 is 0 Å². The predicted molar refractivity (Wildman–Crippen MR) is 72.1 cm³/mol. The summed E-state index contributed by atoms with van der Waals surface area (Å²) in [5.74, 6) is 0.391. The first kappa shape index (κ1) is 14.6. The molecule has 7 nitrogen and oxygen atoms in total. The highest BCUT2D eigenvalue weighted by atomic mass is 32.2. The molecule has 1 aromatic heterocycles. The molecule has 2 aromatic rings. The Morgan fingerprint density at radius 3 is 2.80 bits per heavy atom. The molecule has 0 saturated carbocycles. The summed E-state index contributed by atoms with van der Waals surface area (Å²) >= 11 is 0. The summed E-state index contributed by atoms with van der Waals surface area (Å²) < 4.78 is 28.2. The molecule has 1 atom stereocenters. The lowest BCUT2D eigenvalue weighted by Gasteiger charge is -2.08. The van der Waals surface area contributed by atoms with Gasteiger partial charge in [-0.3, -0.25) is 4.68 Å². The van der Waals surface area contributed by atoms with Gasteiger partial charge in [-0.2, -0.15) is 5.10 Å². The molecule has 0 saturated heterocycles. The molecule has 2 N–H and O–H groups in total. The van der Waals surface area contributed by atoms with Gasteiger partial charge in [0, 0.05) is 7.05 Å². The van der Waals surface area contributed by atoms with Gasteiger partial charge in [-0.15, -0.1) is 0 Å². The third-order valence-corrected chi connectivity index (χ3v) is 4.12. The van der Waals surface area contributed by atoms with E-state index in [1.165, 1.54) is 23.1 Å². The SMILES string of the molecule is CC(O)c1cccc(S(=O)(=O)NCc2ncn(C)n2)c1. The Kier molecular flexibility index (Phi) is 4.17. The number of benzene rings is 1. The van der Waals surface area contributed by atoms with Crippen molar-refractivity contribution in [2.75, 3.05) is 0 Å². The Labute approximate surface area is 117 Å². The van der Waals surface area contributed by atoms with E-state index in [0.717, 1.165) is 0 Å². The second-order valence-electron chi connectivity index (χ2n) is 4.41. The van der Waals surface area contributed by atoms with E-state index in [4.69, 9.17) is 0 Å². The van der Waals surface area contributed by atoms with Gasteiger partial charge in [0.05, 0.1) is 17.5 Å². The molecule has 0 radical (unpaired) electrons. The lowest BCUT2D eigenvalue weighted by molar-refractivity contribution is 0.199. The van der Waals surface area contributed by atoms with Crippen LogP contribution in [0.3, 0.4) is 0 Å². The van der Waals surface area contributed by atoms with Crippen molar-refractivity contribution in [3.05, 3.63) is 42.0 Å². The van der Waals surface area contributed by atoms with E-state index in [2.05, 4.69) is 14.8 Å². The van der Waals surface area contributed by atoms with Crippen LogP contribution in [0, 0.1) is 0 Å². The van der Waals surface area contributed by atoms with Crippen molar-refractivity contribution >= 4 is 10.0 Å². The molecule has 1 heterocycles. The van der Waals surface area contributed by atoms with Gasteiger partial charge in [0.2, 0.25) is 10.0 Å². The lowest BCUT2D eigenvalue weighted by atomic mass is 10.1. The average Bonchev–Trinajstić information content (AvgIpc) is 2.82. The standard InChI is InChI=1S/C12H16N4O3S/c1-9(17)10-4-3-5-11(6-10)20(18,19)14-7-12-13-8-16(2)15-12/h3-6,8-9,14,17H,7H2,1-2H3. The minimum absolute atomic E-state index is 0.0160. The van der Waals surface area contributed by atoms with Crippen LogP contribution < -0.4 is 4.72 Å². The number of aliphatic hydroxyl groups excluding tert-OH is 1. The maximum atomic E-state index is 12.1. The Bertz CT molecular complexity index is 694. The smallest absolute Gasteiger partial charge is 0.240 e. The Balaban J connectivity index is 2.15. The summed E-state index contributed by atoms with van der Waals surface area (Å²) in [4.78, 5) is 4.05. The molecule has 8 heteroatoms. The average molecular weight is 296 g/mol. The van der Waals surface area contributed by atoms with Crippen molar-refractivity contribution in [2.24, 2.45) is 7.05 Å². The maximum Gasteiger partial charge on any atom is 0.240 e. The number of nitrogens with zero attached hydrogens (tertiary/aromatic N) is 3. The van der Waals surface area contributed by atoms with E-state index in [0.29, 0.717) is 11.4 Å². The highest BCUT2D eigenvalue weighted by molar-refractivity contribution is 7.89. The van der Waals surface area contributed by atoms with Crippen LogP contribution in [0.5, 0.6) is 0 Å². The Morgan fingerprint density at radius 2 is 2.20 bits per heavy atom. The normalized spacial score (nSPS) is 13.3. The van der Waals surface area contributed by atoms with Crippen LogP contribution in [0.25, 0.3) is 0 Å². The van der Waals surface area contributed by atoms with Crippen molar-refractivity contribution in [3.8, 4) is 0 Å². The van der Waals surface area contributed by atoms with Crippen molar-refractivity contribution < 1.29 is 13.5 Å². The molecule has 20 heavy (non-hydrogen) atoms. The van der Waals surface area contributed by atoms with Crippen LogP contribution in [0.15, 0.2) is 35.5 Å². The van der Waals surface area contributed by atoms with Crippen LogP contribution in [-0.4, -0.2) is 28.3 Å². The van der Waals surface area contributed by atoms with Gasteiger partial charge in [0.15, 0.2) is 5.82 Å². The molecule has 1 unspecified atom stereocenters. The molecule has 0 bridgehead atoms. The quantitative estimate of drug-likeness (QED) is 0.829. The summed E-state index contributed by atoms with van der Waals surface area (Å²) in [5, 5.41) is 13.5. The van der Waals surface area contributed by atoms with E-state index in [9.17, 15) is 13.5 Å². The fourth-order valence-electron chi connectivity index (χ4n) is 1.65. The molecule has 2 rings (SSSR count). The zero-order valence-corrected chi connectivity index (χ0v) is 12.0. The number of aryl methyl sites for hydroxylation is 1. The zero-order valence-electron chi connectivity index (χ0n) is 11.2. The van der Waals surface area contributed by atoms with Crippen molar-refractivity contribution in [2.45, 2.75) is 24.5 Å². The lowest BCUT2D eigenvalue weighted by Crippen LogP contribution is -2.24. The summed E-state index contributed by atoms with van der Waals surface area (Å²) in [5.41, 5.74) is 0.545. The number of aromatic nitrogens is 3. The van der Waals surface area contributed by atoms with Crippen molar-refractivity contribution in [1.82, 2.24) is 19.5 Å². The molecule has 0 aliphatic rings. The molecule has 0 amide bonds. The third kappa shape index (κ3) is 3.41. The van der Waals surface area contributed by atoms with Gasteiger partial charge in [0.25, 0.3) is 0 Å². The maximum absolute atomic E-state index is 12.1. The molecular weight excluding hydrogens is 280 g/mol. The number of rotatable bonds is 5. The first-order chi connectivity index (χ1) is 9.38. The monoisotopic (exact) mass is 296 g/mol. The molecule has 1 aromatic carbocycles. The van der Waals surface area contributed by atoms with Crippen molar-refractivity contribution in [1.29, 1.82) is 0 Å². The molecule has 108 valence electrons. The first-order valence-electron chi connectivity index (χ1n) is 6.01. The highest BCUT2D eigenvalue weighted by Gasteiger charge is 2.16. The van der Waals surface area contributed by atoms with Gasteiger partial charge in [-0.05, 0) is 24.6 Å². The number of hydrogen-bond donors (Lipinski definition) is 2. The number of aliphatic hydroxyl groups is 1. The third-order valence-electron chi connectivity index (χ3n) is 2.72. The summed E-state index contributed by atoms with van der Waals surface area (Å²) in [6, 6.07) is 6.18. The fourth-order valence-corrected chi connectivity index (χ4v) is 2.68. The second-order valence-corrected chi connectivity index (χ2v) is 6.17. The van der Waals surface area contributed by atoms with Gasteiger partial charge in [0.1, 0.15) is 6.33 Å². The Hall–Kier alpha value is -1.77. The first-order valence-corrected chi connectivity index (χ1v) is 7.49. The summed E-state index contributed by atoms with van der Waals surface area (Å²) in [6.07, 6.45) is 0.778. The molecule has 0 fully saturated rings. The number of hydrogen-bond acceptors (Lipinski definition) is 5. The Morgan fingerprint density at radius 1 is 1.45 bits per heavy atom. The van der Waals surface area contributed by atoms with Crippen LogP contribution in [0.4, 0.5) is 0 Å². The van der Waals surface area contributed by atoms with E-state index in [-0.39, 0.29) is 11.4 Å². The van der Waals surface area contributed by atoms with E-state index in [1.807, 2.05) is 0 Å². The van der Waals surface area contributed by atoms with E-state index in [1.54, 1.807) is 26.1 Å². The molecule has 0 aliphatic heterocycles. The van der Waals surface area contributed by atoms with Crippen LogP contribution >= 0.6 is 0 Å². The fraction of sp³-hybridized carbons (Fsp3) is 0.333. The van der Waals surface area contributed by atoms with Gasteiger partial charge < -0.3 is 5.11 Å². The minimum Gasteiger partial charge on any atom is -0.389 e. The largest absolute Gasteiger partial charge is 0.389 e. The summed E-state index contributed by atoms with van der Waals surface area (Å²) in [7, 11) is -1.95. The highest BCUT2D eigenvalue weighted by Crippen LogP contribution is 2.17. The minimum atomic E-state index is -3.66. The second kappa shape index (κ2) is 5.70.